The lowest BCUT2D eigenvalue weighted by atomic mass is 10.1. The molecule has 104 valence electrons. The van der Waals surface area contributed by atoms with Crippen LogP contribution in [0.1, 0.15) is 18.1 Å². The van der Waals surface area contributed by atoms with Crippen molar-refractivity contribution in [2.75, 3.05) is 0 Å². The number of aryl methyl sites for hydroxylation is 1. The predicted octanol–water partition coefficient (Wildman–Crippen LogP) is 4.84. The highest BCUT2D eigenvalue weighted by Crippen LogP contribution is 2.29. The van der Waals surface area contributed by atoms with Gasteiger partial charge in [0.05, 0.1) is 4.92 Å². The van der Waals surface area contributed by atoms with Gasteiger partial charge in [-0.25, -0.2) is 0 Å². The quantitative estimate of drug-likeness (QED) is 0.446. The first-order valence-electron chi connectivity index (χ1n) is 6.24. The molecule has 2 rings (SSSR count). The van der Waals surface area contributed by atoms with E-state index in [2.05, 4.69) is 22.9 Å². The molecule has 0 aliphatic heterocycles. The maximum absolute atomic E-state index is 10.9. The number of benzene rings is 2. The molecule has 0 amide bonds. The normalized spacial score (nSPS) is 10.3. The number of hydrogen-bond acceptors (Lipinski definition) is 3. The third-order valence-electron chi connectivity index (χ3n) is 2.93. The van der Waals surface area contributed by atoms with Gasteiger partial charge in [-0.2, -0.15) is 0 Å². The average molecular weight is 336 g/mol. The van der Waals surface area contributed by atoms with Crippen LogP contribution >= 0.6 is 15.9 Å². The van der Waals surface area contributed by atoms with E-state index >= 15 is 0 Å². The van der Waals surface area contributed by atoms with Gasteiger partial charge in [0.25, 0.3) is 5.69 Å². The average Bonchev–Trinajstić information content (AvgIpc) is 2.47. The van der Waals surface area contributed by atoms with Gasteiger partial charge < -0.3 is 4.74 Å². The lowest BCUT2D eigenvalue weighted by Crippen LogP contribution is -1.94. The minimum atomic E-state index is -0.391. The van der Waals surface area contributed by atoms with E-state index in [4.69, 9.17) is 4.74 Å². The van der Waals surface area contributed by atoms with Crippen molar-refractivity contribution in [1.29, 1.82) is 0 Å². The first kappa shape index (κ1) is 14.5. The minimum absolute atomic E-state index is 0.0940. The summed E-state index contributed by atoms with van der Waals surface area (Å²) in [6, 6.07) is 12.6. The van der Waals surface area contributed by atoms with E-state index < -0.39 is 4.92 Å². The van der Waals surface area contributed by atoms with Crippen LogP contribution in [0.25, 0.3) is 0 Å². The number of ether oxygens (including phenoxy) is 1. The lowest BCUT2D eigenvalue weighted by Gasteiger charge is -2.08. The Labute approximate surface area is 125 Å². The Balaban J connectivity index is 2.27. The molecule has 2 aromatic carbocycles. The molecule has 0 fully saturated rings. The number of nitro groups is 1. The van der Waals surface area contributed by atoms with Crippen LogP contribution in [0.5, 0.6) is 11.5 Å². The molecule has 0 saturated heterocycles. The van der Waals surface area contributed by atoms with Crippen molar-refractivity contribution in [1.82, 2.24) is 0 Å². The minimum Gasteiger partial charge on any atom is -0.457 e. The second-order valence-electron chi connectivity index (χ2n) is 4.28. The van der Waals surface area contributed by atoms with Crippen LogP contribution in [0, 0.1) is 10.1 Å². The SMILES string of the molecule is CCc1cccc(Oc2ccc([N+](=O)[O-])c(CBr)c2)c1. The van der Waals surface area contributed by atoms with Crippen molar-refractivity contribution in [3.63, 3.8) is 0 Å². The van der Waals surface area contributed by atoms with E-state index in [9.17, 15) is 10.1 Å². The zero-order valence-electron chi connectivity index (χ0n) is 11.0. The second-order valence-corrected chi connectivity index (χ2v) is 4.85. The molecule has 5 heteroatoms. The summed E-state index contributed by atoms with van der Waals surface area (Å²) in [7, 11) is 0. The molecular weight excluding hydrogens is 322 g/mol. The van der Waals surface area contributed by atoms with Crippen molar-refractivity contribution >= 4 is 21.6 Å². The van der Waals surface area contributed by atoms with Crippen molar-refractivity contribution < 1.29 is 9.66 Å². The fourth-order valence-corrected chi connectivity index (χ4v) is 2.32. The molecule has 0 aliphatic carbocycles. The molecule has 4 nitrogen and oxygen atoms in total. The summed E-state index contributed by atoms with van der Waals surface area (Å²) in [6.07, 6.45) is 0.935. The van der Waals surface area contributed by atoms with Crippen molar-refractivity contribution in [3.05, 3.63) is 63.7 Å². The Hall–Kier alpha value is -1.88. The summed E-state index contributed by atoms with van der Waals surface area (Å²) in [4.78, 5) is 10.5. The van der Waals surface area contributed by atoms with Crippen LogP contribution in [-0.4, -0.2) is 4.92 Å². The molecule has 0 radical (unpaired) electrons. The van der Waals surface area contributed by atoms with Crippen LogP contribution in [0.2, 0.25) is 0 Å². The monoisotopic (exact) mass is 335 g/mol. The van der Waals surface area contributed by atoms with E-state index in [1.807, 2.05) is 24.3 Å². The predicted molar refractivity (Wildman–Crippen MR) is 81.6 cm³/mol. The summed E-state index contributed by atoms with van der Waals surface area (Å²) in [5, 5.41) is 11.3. The number of alkyl halides is 1. The zero-order chi connectivity index (χ0) is 14.5. The van der Waals surface area contributed by atoms with Crippen molar-refractivity contribution in [2.45, 2.75) is 18.7 Å². The molecule has 0 unspecified atom stereocenters. The Morgan fingerprint density at radius 3 is 2.60 bits per heavy atom. The number of rotatable bonds is 5. The van der Waals surface area contributed by atoms with Crippen LogP contribution in [-0.2, 0) is 11.8 Å². The van der Waals surface area contributed by atoms with Crippen LogP contribution < -0.4 is 4.74 Å². The Morgan fingerprint density at radius 1 is 1.20 bits per heavy atom. The van der Waals surface area contributed by atoms with Crippen LogP contribution in [0.15, 0.2) is 42.5 Å². The molecule has 0 aliphatic rings. The zero-order valence-corrected chi connectivity index (χ0v) is 12.6. The van der Waals surface area contributed by atoms with E-state index in [-0.39, 0.29) is 5.69 Å². The molecular formula is C15H14BrNO3. The van der Waals surface area contributed by atoms with Gasteiger partial charge in [-0.3, -0.25) is 10.1 Å². The fourth-order valence-electron chi connectivity index (χ4n) is 1.88. The highest BCUT2D eigenvalue weighted by molar-refractivity contribution is 9.08. The highest BCUT2D eigenvalue weighted by Gasteiger charge is 2.13. The molecule has 0 saturated carbocycles. The van der Waals surface area contributed by atoms with Gasteiger partial charge >= 0.3 is 0 Å². The first-order valence-corrected chi connectivity index (χ1v) is 7.36. The molecule has 0 aromatic heterocycles. The topological polar surface area (TPSA) is 52.4 Å². The van der Waals surface area contributed by atoms with Gasteiger partial charge in [-0.05, 0) is 36.2 Å². The number of halogens is 1. The van der Waals surface area contributed by atoms with Gasteiger partial charge in [-0.1, -0.05) is 35.0 Å². The third-order valence-corrected chi connectivity index (χ3v) is 3.54. The summed E-state index contributed by atoms with van der Waals surface area (Å²) < 4.78 is 5.75. The molecule has 0 bridgehead atoms. The highest BCUT2D eigenvalue weighted by atomic mass is 79.9. The van der Waals surface area contributed by atoms with Crippen LogP contribution in [0.3, 0.4) is 0 Å². The maximum Gasteiger partial charge on any atom is 0.273 e. The van der Waals surface area contributed by atoms with Crippen molar-refractivity contribution in [3.8, 4) is 11.5 Å². The summed E-state index contributed by atoms with van der Waals surface area (Å²) in [6.45, 7) is 2.08. The molecule has 0 atom stereocenters. The molecule has 0 N–H and O–H groups in total. The van der Waals surface area contributed by atoms with Gasteiger partial charge in [0, 0.05) is 17.0 Å². The fraction of sp³-hybridized carbons (Fsp3) is 0.200. The maximum atomic E-state index is 10.9. The molecule has 0 heterocycles. The Bertz CT molecular complexity index is 628. The summed E-state index contributed by atoms with van der Waals surface area (Å²) in [5.74, 6) is 1.33. The van der Waals surface area contributed by atoms with Gasteiger partial charge in [0.15, 0.2) is 0 Å². The summed E-state index contributed by atoms with van der Waals surface area (Å²) >= 11 is 3.26. The Morgan fingerprint density at radius 2 is 1.95 bits per heavy atom. The molecule has 2 aromatic rings. The van der Waals surface area contributed by atoms with E-state index in [1.54, 1.807) is 12.1 Å². The Kier molecular flexibility index (Phi) is 4.74. The number of hydrogen-bond donors (Lipinski definition) is 0. The lowest BCUT2D eigenvalue weighted by molar-refractivity contribution is -0.385. The number of nitrogens with zero attached hydrogens (tertiary/aromatic N) is 1. The second kappa shape index (κ2) is 6.52. The van der Waals surface area contributed by atoms with Crippen molar-refractivity contribution in [2.24, 2.45) is 0 Å². The number of nitro benzene ring substituents is 1. The van der Waals surface area contributed by atoms with Crippen LogP contribution in [0.4, 0.5) is 5.69 Å². The van der Waals surface area contributed by atoms with Gasteiger partial charge in [0.1, 0.15) is 11.5 Å². The first-order chi connectivity index (χ1) is 9.63. The molecule has 0 spiro atoms. The standard InChI is InChI=1S/C15H14BrNO3/c1-2-11-4-3-5-13(8-11)20-14-6-7-15(17(18)19)12(9-14)10-16/h3-9H,2,10H2,1H3. The smallest absolute Gasteiger partial charge is 0.273 e. The largest absolute Gasteiger partial charge is 0.457 e. The van der Waals surface area contributed by atoms with E-state index in [1.165, 1.54) is 11.6 Å². The molecule has 20 heavy (non-hydrogen) atoms. The summed E-state index contributed by atoms with van der Waals surface area (Å²) in [5.41, 5.74) is 1.88. The van der Waals surface area contributed by atoms with E-state index in [0.29, 0.717) is 16.6 Å². The third kappa shape index (κ3) is 3.36. The van der Waals surface area contributed by atoms with Gasteiger partial charge in [-0.15, -0.1) is 0 Å². The van der Waals surface area contributed by atoms with E-state index in [0.717, 1.165) is 12.2 Å². The van der Waals surface area contributed by atoms with Gasteiger partial charge in [0.2, 0.25) is 0 Å².